The van der Waals surface area contributed by atoms with Gasteiger partial charge in [-0.2, -0.15) is 0 Å². The second-order valence-electron chi connectivity index (χ2n) is 7.24. The second kappa shape index (κ2) is 7.85. The summed E-state index contributed by atoms with van der Waals surface area (Å²) in [5.41, 5.74) is 4.36. The van der Waals surface area contributed by atoms with Crippen molar-refractivity contribution in [3.05, 3.63) is 78.4 Å². The Morgan fingerprint density at radius 3 is 2.45 bits per heavy atom. The van der Waals surface area contributed by atoms with Crippen molar-refractivity contribution in [1.29, 1.82) is 0 Å². The Hall–Kier alpha value is -2.90. The van der Waals surface area contributed by atoms with Crippen LogP contribution in [0, 0.1) is 0 Å². The predicted molar refractivity (Wildman–Crippen MR) is 118 cm³/mol. The number of nitrogens with one attached hydrogen (secondary N) is 2. The number of ether oxygens (including phenoxy) is 1. The van der Waals surface area contributed by atoms with Crippen molar-refractivity contribution in [2.45, 2.75) is 12.1 Å². The van der Waals surface area contributed by atoms with Gasteiger partial charge in [0.1, 0.15) is 6.04 Å². The average Bonchev–Trinajstić information content (AvgIpc) is 3.43. The van der Waals surface area contributed by atoms with Gasteiger partial charge in [-0.05, 0) is 60.7 Å². The van der Waals surface area contributed by atoms with Gasteiger partial charge >= 0.3 is 0 Å². The van der Waals surface area contributed by atoms with Gasteiger partial charge in [-0.15, -0.1) is 0 Å². The molecule has 6 nitrogen and oxygen atoms in total. The van der Waals surface area contributed by atoms with Crippen molar-refractivity contribution in [3.63, 3.8) is 0 Å². The predicted octanol–water partition coefficient (Wildman–Crippen LogP) is 3.42. The van der Waals surface area contributed by atoms with E-state index in [4.69, 9.17) is 17.0 Å². The van der Waals surface area contributed by atoms with Gasteiger partial charge < -0.3 is 24.8 Å². The molecule has 0 bridgehead atoms. The molecular formula is C22H23N5OS. The van der Waals surface area contributed by atoms with Crippen LogP contribution >= 0.6 is 12.2 Å². The van der Waals surface area contributed by atoms with E-state index in [9.17, 15) is 0 Å². The molecule has 29 heavy (non-hydrogen) atoms. The molecule has 2 aliphatic rings. The molecule has 7 heteroatoms. The van der Waals surface area contributed by atoms with Crippen molar-refractivity contribution >= 4 is 28.7 Å². The molecule has 2 saturated heterocycles. The van der Waals surface area contributed by atoms with E-state index in [1.165, 1.54) is 5.69 Å². The minimum absolute atomic E-state index is 0.00152. The number of aromatic nitrogens is 2. The van der Waals surface area contributed by atoms with Gasteiger partial charge in [-0.25, -0.2) is 0 Å². The lowest BCUT2D eigenvalue weighted by Crippen LogP contribution is -2.36. The molecule has 0 aliphatic carbocycles. The highest BCUT2D eigenvalue weighted by molar-refractivity contribution is 7.80. The van der Waals surface area contributed by atoms with E-state index in [2.05, 4.69) is 55.4 Å². The monoisotopic (exact) mass is 405 g/mol. The average molecular weight is 406 g/mol. The first-order chi connectivity index (χ1) is 14.3. The van der Waals surface area contributed by atoms with E-state index < -0.39 is 0 Å². The van der Waals surface area contributed by atoms with Crippen LogP contribution in [0.4, 0.5) is 11.4 Å². The summed E-state index contributed by atoms with van der Waals surface area (Å²) in [5.74, 6) is 0. The molecule has 2 N–H and O–H groups in total. The van der Waals surface area contributed by atoms with Crippen LogP contribution in [0.25, 0.3) is 0 Å². The number of morpholine rings is 1. The molecular weight excluding hydrogens is 382 g/mol. The number of hydrogen-bond donors (Lipinski definition) is 2. The van der Waals surface area contributed by atoms with Crippen LogP contribution in [-0.2, 0) is 4.74 Å². The summed E-state index contributed by atoms with van der Waals surface area (Å²) in [6.07, 6.45) is 3.78. The highest BCUT2D eigenvalue weighted by Crippen LogP contribution is 2.41. The number of H-pyrrole nitrogens is 1. The lowest BCUT2D eigenvalue weighted by molar-refractivity contribution is 0.122. The Bertz CT molecular complexity index is 955. The standard InChI is InChI=1S/C22H23N5OS/c29-22-25-20(18-4-1-2-10-23-18)21(19-5-3-11-24-19)27(22)17-8-6-16(7-9-17)26-12-14-28-15-13-26/h1-11,20-21,24H,12-15H2,(H,25,29)/t20-,21+/m0/s1. The zero-order valence-corrected chi connectivity index (χ0v) is 16.8. The van der Waals surface area contributed by atoms with Crippen molar-refractivity contribution in [3.8, 4) is 0 Å². The Labute approximate surface area is 175 Å². The second-order valence-corrected chi connectivity index (χ2v) is 7.62. The summed E-state index contributed by atoms with van der Waals surface area (Å²) >= 11 is 5.75. The van der Waals surface area contributed by atoms with E-state index in [0.717, 1.165) is 43.4 Å². The maximum absolute atomic E-state index is 5.75. The van der Waals surface area contributed by atoms with E-state index in [1.54, 1.807) is 0 Å². The number of pyridine rings is 1. The summed E-state index contributed by atoms with van der Waals surface area (Å²) < 4.78 is 5.46. The van der Waals surface area contributed by atoms with Crippen LogP contribution in [0.15, 0.2) is 67.0 Å². The molecule has 0 radical (unpaired) electrons. The number of thiocarbonyl (C=S) groups is 1. The quantitative estimate of drug-likeness (QED) is 0.649. The van der Waals surface area contributed by atoms with E-state index in [-0.39, 0.29) is 12.1 Å². The number of hydrogen-bond acceptors (Lipinski definition) is 4. The maximum Gasteiger partial charge on any atom is 0.174 e. The minimum Gasteiger partial charge on any atom is -0.378 e. The van der Waals surface area contributed by atoms with Crippen LogP contribution < -0.4 is 15.1 Å². The Balaban J connectivity index is 1.48. The van der Waals surface area contributed by atoms with Gasteiger partial charge in [0.2, 0.25) is 0 Å². The Kier molecular flexibility index (Phi) is 4.91. The first-order valence-electron chi connectivity index (χ1n) is 9.88. The van der Waals surface area contributed by atoms with Crippen LogP contribution in [-0.4, -0.2) is 41.4 Å². The van der Waals surface area contributed by atoms with Crippen LogP contribution in [0.1, 0.15) is 23.5 Å². The molecule has 3 aromatic rings. The molecule has 1 aromatic carbocycles. The van der Waals surface area contributed by atoms with Gasteiger partial charge in [0.25, 0.3) is 0 Å². The fourth-order valence-corrected chi connectivity index (χ4v) is 4.47. The third-order valence-electron chi connectivity index (χ3n) is 5.54. The van der Waals surface area contributed by atoms with E-state index >= 15 is 0 Å². The van der Waals surface area contributed by atoms with Crippen LogP contribution in [0.5, 0.6) is 0 Å². The molecule has 2 aromatic heterocycles. The summed E-state index contributed by atoms with van der Waals surface area (Å²) in [6.45, 7) is 3.41. The Morgan fingerprint density at radius 1 is 0.966 bits per heavy atom. The Morgan fingerprint density at radius 2 is 1.76 bits per heavy atom. The van der Waals surface area contributed by atoms with Gasteiger partial charge in [0.15, 0.2) is 5.11 Å². The smallest absolute Gasteiger partial charge is 0.174 e. The fraction of sp³-hybridized carbons (Fsp3) is 0.273. The van der Waals surface area contributed by atoms with Crippen molar-refractivity contribution < 1.29 is 4.74 Å². The fourth-order valence-electron chi connectivity index (χ4n) is 4.12. The van der Waals surface area contributed by atoms with Crippen molar-refractivity contribution in [2.75, 3.05) is 36.1 Å². The number of anilines is 2. The number of rotatable bonds is 4. The molecule has 4 heterocycles. The third-order valence-corrected chi connectivity index (χ3v) is 5.86. The number of nitrogens with zero attached hydrogens (tertiary/aromatic N) is 3. The molecule has 0 unspecified atom stereocenters. The SMILES string of the molecule is S=C1N[C@@H](c2ccccn2)[C@@H](c2ccc[nH]2)N1c1ccc(N2CCOCC2)cc1. The van der Waals surface area contributed by atoms with E-state index in [0.29, 0.717) is 5.11 Å². The molecule has 2 atom stereocenters. The van der Waals surface area contributed by atoms with E-state index in [1.807, 2.05) is 36.7 Å². The number of aromatic amines is 1. The van der Waals surface area contributed by atoms with Gasteiger partial charge in [0.05, 0.1) is 24.9 Å². The zero-order chi connectivity index (χ0) is 19.6. The van der Waals surface area contributed by atoms with Crippen LogP contribution in [0.3, 0.4) is 0 Å². The lowest BCUT2D eigenvalue weighted by Gasteiger charge is -2.30. The molecule has 5 rings (SSSR count). The first kappa shape index (κ1) is 18.1. The van der Waals surface area contributed by atoms with Crippen molar-refractivity contribution in [1.82, 2.24) is 15.3 Å². The number of benzene rings is 1. The highest BCUT2D eigenvalue weighted by Gasteiger charge is 2.41. The maximum atomic E-state index is 5.75. The third kappa shape index (κ3) is 3.47. The van der Waals surface area contributed by atoms with Crippen molar-refractivity contribution in [2.24, 2.45) is 0 Å². The zero-order valence-electron chi connectivity index (χ0n) is 16.0. The summed E-state index contributed by atoms with van der Waals surface area (Å²) in [6, 6.07) is 18.7. The largest absolute Gasteiger partial charge is 0.378 e. The summed E-state index contributed by atoms with van der Waals surface area (Å²) in [7, 11) is 0. The van der Waals surface area contributed by atoms with Gasteiger partial charge in [-0.3, -0.25) is 4.98 Å². The molecule has 0 spiro atoms. The molecule has 148 valence electrons. The van der Waals surface area contributed by atoms with Gasteiger partial charge in [-0.1, -0.05) is 6.07 Å². The normalized spacial score (nSPS) is 22.0. The summed E-state index contributed by atoms with van der Waals surface area (Å²) in [5, 5.41) is 4.19. The van der Waals surface area contributed by atoms with Gasteiger partial charge in [0, 0.05) is 42.6 Å². The highest BCUT2D eigenvalue weighted by atomic mass is 32.1. The molecule has 0 saturated carbocycles. The van der Waals surface area contributed by atoms with Crippen LogP contribution in [0.2, 0.25) is 0 Å². The topological polar surface area (TPSA) is 56.4 Å². The summed E-state index contributed by atoms with van der Waals surface area (Å²) in [4.78, 5) is 12.5. The minimum atomic E-state index is -0.0266. The lowest BCUT2D eigenvalue weighted by atomic mass is 10.0. The molecule has 2 aliphatic heterocycles. The molecule has 2 fully saturated rings. The first-order valence-corrected chi connectivity index (χ1v) is 10.3. The molecule has 0 amide bonds.